The van der Waals surface area contributed by atoms with Gasteiger partial charge in [0.15, 0.2) is 4.80 Å². The second-order valence-corrected chi connectivity index (χ2v) is 9.28. The molecule has 30 heavy (non-hydrogen) atoms. The van der Waals surface area contributed by atoms with Crippen LogP contribution in [-0.4, -0.2) is 24.0 Å². The lowest BCUT2D eigenvalue weighted by Gasteiger charge is -2.02. The third-order valence-corrected chi connectivity index (χ3v) is 6.69. The summed E-state index contributed by atoms with van der Waals surface area (Å²) >= 11 is 1.17. The lowest BCUT2D eigenvalue weighted by molar-refractivity contribution is -0.112. The van der Waals surface area contributed by atoms with E-state index in [-0.39, 0.29) is 10.8 Å². The van der Waals surface area contributed by atoms with E-state index in [2.05, 4.69) is 9.98 Å². The van der Waals surface area contributed by atoms with Crippen LogP contribution in [0.1, 0.15) is 17.4 Å². The van der Waals surface area contributed by atoms with Crippen LogP contribution in [0.5, 0.6) is 5.88 Å². The van der Waals surface area contributed by atoms with Crippen molar-refractivity contribution in [3.05, 3.63) is 68.3 Å². The molecule has 0 saturated carbocycles. The van der Waals surface area contributed by atoms with Gasteiger partial charge in [0, 0.05) is 11.8 Å². The molecular formula is C20H18N4O4S2. The summed E-state index contributed by atoms with van der Waals surface area (Å²) in [6, 6.07) is 11.3. The Bertz CT molecular complexity index is 1480. The van der Waals surface area contributed by atoms with Crippen molar-refractivity contribution in [2.45, 2.75) is 25.3 Å². The molecular weight excluding hydrogens is 424 g/mol. The van der Waals surface area contributed by atoms with Crippen LogP contribution in [0.3, 0.4) is 0 Å². The molecule has 0 bridgehead atoms. The molecule has 0 fully saturated rings. The molecule has 1 aliphatic rings. The number of aromatic hydroxyl groups is 1. The van der Waals surface area contributed by atoms with Gasteiger partial charge in [0.1, 0.15) is 4.88 Å². The first-order valence-corrected chi connectivity index (χ1v) is 11.4. The van der Waals surface area contributed by atoms with Gasteiger partial charge < -0.3 is 5.11 Å². The van der Waals surface area contributed by atoms with E-state index in [1.165, 1.54) is 35.6 Å². The van der Waals surface area contributed by atoms with Crippen LogP contribution in [0.25, 0.3) is 5.57 Å². The summed E-state index contributed by atoms with van der Waals surface area (Å²) in [5.74, 6) is -0.463. The number of aromatic nitrogens is 1. The minimum atomic E-state index is -3.79. The van der Waals surface area contributed by atoms with Crippen molar-refractivity contribution in [2.75, 3.05) is 0 Å². The van der Waals surface area contributed by atoms with Gasteiger partial charge in [-0.1, -0.05) is 23.0 Å². The van der Waals surface area contributed by atoms with Crippen LogP contribution < -0.4 is 20.5 Å². The van der Waals surface area contributed by atoms with Crippen molar-refractivity contribution in [1.29, 1.82) is 0 Å². The number of primary sulfonamides is 1. The normalized spacial score (nSPS) is 14.2. The van der Waals surface area contributed by atoms with Crippen molar-refractivity contribution in [2.24, 2.45) is 15.1 Å². The quantitative estimate of drug-likeness (QED) is 0.620. The maximum atomic E-state index is 12.6. The van der Waals surface area contributed by atoms with E-state index in [1.54, 1.807) is 10.6 Å². The molecule has 3 N–H and O–H groups in total. The average molecular weight is 443 g/mol. The minimum absolute atomic E-state index is 0.0137. The summed E-state index contributed by atoms with van der Waals surface area (Å²) in [6.07, 6.45) is 0. The first-order valence-electron chi connectivity index (χ1n) is 9.03. The molecule has 10 heteroatoms. The van der Waals surface area contributed by atoms with E-state index < -0.39 is 15.9 Å². The molecule has 0 spiro atoms. The van der Waals surface area contributed by atoms with Crippen molar-refractivity contribution in [3.8, 4) is 5.88 Å². The molecule has 154 valence electrons. The first-order chi connectivity index (χ1) is 14.2. The van der Waals surface area contributed by atoms with Gasteiger partial charge >= 0.3 is 0 Å². The van der Waals surface area contributed by atoms with E-state index in [0.717, 1.165) is 5.56 Å². The highest BCUT2D eigenvalue weighted by atomic mass is 32.2. The predicted molar refractivity (Wildman–Crippen MR) is 112 cm³/mol. The molecule has 4 rings (SSSR count). The highest BCUT2D eigenvalue weighted by molar-refractivity contribution is 7.89. The number of carbonyl (C=O) groups excluding carboxylic acids is 1. The Hall–Kier alpha value is -3.08. The number of hydrogen-bond donors (Lipinski definition) is 2. The number of nitrogens with zero attached hydrogens (tertiary/aromatic N) is 3. The summed E-state index contributed by atoms with van der Waals surface area (Å²) < 4.78 is 24.4. The number of aryl methyl sites for hydroxylation is 1. The van der Waals surface area contributed by atoms with Crippen LogP contribution >= 0.6 is 11.3 Å². The Morgan fingerprint density at radius 1 is 1.20 bits per heavy atom. The van der Waals surface area contributed by atoms with Crippen LogP contribution in [-0.2, 0) is 21.4 Å². The second kappa shape index (κ2) is 7.31. The fourth-order valence-corrected chi connectivity index (χ4v) is 4.88. The highest BCUT2D eigenvalue weighted by Gasteiger charge is 2.25. The topological polar surface area (TPSA) is 127 Å². The molecule has 0 saturated heterocycles. The molecule has 3 aromatic rings. The van der Waals surface area contributed by atoms with Crippen LogP contribution in [0.2, 0.25) is 0 Å². The Kier molecular flexibility index (Phi) is 4.92. The molecule has 8 nitrogen and oxygen atoms in total. The standard InChI is InChI=1S/C20H18N4O4S2/c1-3-24-19(26)17(16-14-10-11(2)4-9-15(14)23-18(16)25)29-20(24)22-12-5-7-13(8-6-12)30(21,27)28/h4-10,26H,3H2,1-2H3,(H2,21,27,28). The number of nitrogens with two attached hydrogens (primary N) is 1. The van der Waals surface area contributed by atoms with E-state index in [4.69, 9.17) is 5.14 Å². The van der Waals surface area contributed by atoms with E-state index >= 15 is 0 Å². The monoisotopic (exact) mass is 442 g/mol. The third kappa shape index (κ3) is 3.49. The second-order valence-electron chi connectivity index (χ2n) is 6.74. The summed E-state index contributed by atoms with van der Waals surface area (Å²) in [5, 5.41) is 17.2. The molecule has 0 aliphatic carbocycles. The maximum Gasteiger partial charge on any atom is 0.279 e. The zero-order chi connectivity index (χ0) is 21.6. The average Bonchev–Trinajstić information content (AvgIpc) is 3.16. The molecule has 2 heterocycles. The number of sulfonamides is 1. The van der Waals surface area contributed by atoms with Gasteiger partial charge in [0.05, 0.1) is 21.5 Å². The highest BCUT2D eigenvalue weighted by Crippen LogP contribution is 2.29. The fourth-order valence-electron chi connectivity index (χ4n) is 3.20. The van der Waals surface area contributed by atoms with Gasteiger partial charge in [-0.2, -0.15) is 0 Å². The van der Waals surface area contributed by atoms with E-state index in [0.29, 0.717) is 38.1 Å². The molecule has 0 radical (unpaired) electrons. The Morgan fingerprint density at radius 2 is 1.90 bits per heavy atom. The SMILES string of the molecule is CCn1c(O)c(C2=c3cc(C)ccc3=NC2=O)sc1=Nc1ccc(S(N)(=O)=O)cc1. The van der Waals surface area contributed by atoms with Crippen molar-refractivity contribution < 1.29 is 18.3 Å². The number of fused-ring (bicyclic) bond motifs is 1. The van der Waals surface area contributed by atoms with Crippen LogP contribution in [0.15, 0.2) is 57.3 Å². The first kappa shape index (κ1) is 20.2. The van der Waals surface area contributed by atoms with Gasteiger partial charge in [-0.05, 0) is 50.2 Å². The van der Waals surface area contributed by atoms with Gasteiger partial charge in [-0.25, -0.2) is 23.5 Å². The maximum absolute atomic E-state index is 12.6. The molecule has 0 unspecified atom stereocenters. The zero-order valence-electron chi connectivity index (χ0n) is 16.2. The summed E-state index contributed by atoms with van der Waals surface area (Å²) in [6.45, 7) is 4.20. The Labute approximate surface area is 176 Å². The van der Waals surface area contributed by atoms with Crippen molar-refractivity contribution in [1.82, 2.24) is 4.57 Å². The van der Waals surface area contributed by atoms with E-state index in [1.807, 2.05) is 26.0 Å². The van der Waals surface area contributed by atoms with Crippen LogP contribution in [0, 0.1) is 6.92 Å². The van der Waals surface area contributed by atoms with Gasteiger partial charge in [0.25, 0.3) is 5.91 Å². The number of hydrogen-bond acceptors (Lipinski definition) is 6. The Morgan fingerprint density at radius 3 is 2.53 bits per heavy atom. The largest absolute Gasteiger partial charge is 0.493 e. The van der Waals surface area contributed by atoms with Crippen LogP contribution in [0.4, 0.5) is 5.69 Å². The molecule has 2 aromatic carbocycles. The molecule has 1 aromatic heterocycles. The number of rotatable bonds is 4. The smallest absolute Gasteiger partial charge is 0.279 e. The minimum Gasteiger partial charge on any atom is -0.493 e. The van der Waals surface area contributed by atoms with Crippen molar-refractivity contribution in [3.63, 3.8) is 0 Å². The number of carbonyl (C=O) groups is 1. The van der Waals surface area contributed by atoms with Crippen molar-refractivity contribution >= 4 is 38.5 Å². The Balaban J connectivity index is 1.91. The van der Waals surface area contributed by atoms with Gasteiger partial charge in [-0.15, -0.1) is 0 Å². The van der Waals surface area contributed by atoms with Gasteiger partial charge in [0.2, 0.25) is 15.9 Å². The molecule has 1 aliphatic heterocycles. The van der Waals surface area contributed by atoms with Gasteiger partial charge in [-0.3, -0.25) is 9.36 Å². The van der Waals surface area contributed by atoms with E-state index in [9.17, 15) is 18.3 Å². The lowest BCUT2D eigenvalue weighted by atomic mass is 10.1. The number of thiazole rings is 1. The molecule has 0 atom stereocenters. The number of amides is 1. The lowest BCUT2D eigenvalue weighted by Crippen LogP contribution is -2.23. The number of benzene rings is 2. The summed E-state index contributed by atoms with van der Waals surface area (Å²) in [7, 11) is -3.79. The summed E-state index contributed by atoms with van der Waals surface area (Å²) in [4.78, 5) is 22.0. The molecule has 1 amide bonds. The zero-order valence-corrected chi connectivity index (χ0v) is 17.8. The predicted octanol–water partition coefficient (Wildman–Crippen LogP) is 0.822. The fraction of sp³-hybridized carbons (Fsp3) is 0.150. The summed E-state index contributed by atoms with van der Waals surface area (Å²) in [5.41, 5.74) is 1.82. The third-order valence-electron chi connectivity index (χ3n) is 4.67.